The molecule has 2 unspecified atom stereocenters. The SMILES string of the molecule is CC1CC(CN)CN1C(=O)Cc1ccsc1. The van der Waals surface area contributed by atoms with E-state index in [0.29, 0.717) is 24.9 Å². The Balaban J connectivity index is 1.95. The molecule has 0 aromatic carbocycles. The number of nitrogens with zero attached hydrogens (tertiary/aromatic N) is 1. The molecule has 0 bridgehead atoms. The number of hydrogen-bond acceptors (Lipinski definition) is 3. The Hall–Kier alpha value is -0.870. The largest absolute Gasteiger partial charge is 0.339 e. The fourth-order valence-corrected chi connectivity index (χ4v) is 3.00. The average molecular weight is 238 g/mol. The van der Waals surface area contributed by atoms with E-state index in [0.717, 1.165) is 18.5 Å². The molecule has 0 radical (unpaired) electrons. The lowest BCUT2D eigenvalue weighted by atomic mass is 10.1. The quantitative estimate of drug-likeness (QED) is 0.867. The van der Waals surface area contributed by atoms with Crippen LogP contribution in [0.25, 0.3) is 0 Å². The molecule has 1 aromatic heterocycles. The van der Waals surface area contributed by atoms with E-state index in [4.69, 9.17) is 5.73 Å². The van der Waals surface area contributed by atoms with Crippen molar-refractivity contribution in [3.8, 4) is 0 Å². The molecule has 2 heterocycles. The molecular weight excluding hydrogens is 220 g/mol. The highest BCUT2D eigenvalue weighted by molar-refractivity contribution is 7.07. The normalized spacial score (nSPS) is 25.0. The summed E-state index contributed by atoms with van der Waals surface area (Å²) in [6, 6.07) is 2.36. The van der Waals surface area contributed by atoms with Crippen LogP contribution in [-0.2, 0) is 11.2 Å². The predicted octanol–water partition coefficient (Wildman–Crippen LogP) is 1.49. The van der Waals surface area contributed by atoms with E-state index in [1.54, 1.807) is 11.3 Å². The van der Waals surface area contributed by atoms with Gasteiger partial charge in [0.25, 0.3) is 0 Å². The molecule has 1 fully saturated rings. The fourth-order valence-electron chi connectivity index (χ4n) is 2.33. The maximum atomic E-state index is 12.1. The summed E-state index contributed by atoms with van der Waals surface area (Å²) in [7, 11) is 0. The van der Waals surface area contributed by atoms with E-state index >= 15 is 0 Å². The lowest BCUT2D eigenvalue weighted by Crippen LogP contribution is -2.35. The van der Waals surface area contributed by atoms with Gasteiger partial charge in [-0.1, -0.05) is 0 Å². The molecule has 16 heavy (non-hydrogen) atoms. The molecular formula is C12H18N2OS. The lowest BCUT2D eigenvalue weighted by Gasteiger charge is -2.21. The topological polar surface area (TPSA) is 46.3 Å². The summed E-state index contributed by atoms with van der Waals surface area (Å²) in [5, 5.41) is 4.05. The van der Waals surface area contributed by atoms with Crippen molar-refractivity contribution in [1.82, 2.24) is 4.90 Å². The highest BCUT2D eigenvalue weighted by atomic mass is 32.1. The molecule has 0 spiro atoms. The minimum Gasteiger partial charge on any atom is -0.339 e. The van der Waals surface area contributed by atoms with E-state index in [2.05, 4.69) is 6.92 Å². The van der Waals surface area contributed by atoms with Crippen molar-refractivity contribution < 1.29 is 4.79 Å². The fraction of sp³-hybridized carbons (Fsp3) is 0.583. The molecule has 2 atom stereocenters. The van der Waals surface area contributed by atoms with E-state index in [9.17, 15) is 4.79 Å². The van der Waals surface area contributed by atoms with E-state index < -0.39 is 0 Å². The Morgan fingerprint density at radius 3 is 3.06 bits per heavy atom. The smallest absolute Gasteiger partial charge is 0.227 e. The molecule has 4 heteroatoms. The Bertz CT molecular complexity index is 350. The van der Waals surface area contributed by atoms with Gasteiger partial charge in [-0.05, 0) is 48.2 Å². The predicted molar refractivity (Wildman–Crippen MR) is 66.4 cm³/mol. The molecule has 0 aliphatic carbocycles. The second kappa shape index (κ2) is 4.97. The maximum Gasteiger partial charge on any atom is 0.227 e. The van der Waals surface area contributed by atoms with Crippen LogP contribution in [0.15, 0.2) is 16.8 Å². The second-order valence-electron chi connectivity index (χ2n) is 4.54. The summed E-state index contributed by atoms with van der Waals surface area (Å²) in [5.74, 6) is 0.725. The molecule has 1 aliphatic rings. The first kappa shape index (κ1) is 11.6. The third kappa shape index (κ3) is 2.44. The van der Waals surface area contributed by atoms with Gasteiger partial charge >= 0.3 is 0 Å². The van der Waals surface area contributed by atoms with Gasteiger partial charge in [-0.25, -0.2) is 0 Å². The minimum absolute atomic E-state index is 0.238. The summed E-state index contributed by atoms with van der Waals surface area (Å²) in [5.41, 5.74) is 6.78. The van der Waals surface area contributed by atoms with Crippen molar-refractivity contribution in [3.63, 3.8) is 0 Å². The number of carbonyl (C=O) groups excluding carboxylic acids is 1. The van der Waals surface area contributed by atoms with Crippen LogP contribution >= 0.6 is 11.3 Å². The Morgan fingerprint density at radius 1 is 1.69 bits per heavy atom. The van der Waals surface area contributed by atoms with Crippen molar-refractivity contribution in [2.75, 3.05) is 13.1 Å². The van der Waals surface area contributed by atoms with Gasteiger partial charge < -0.3 is 10.6 Å². The number of nitrogens with two attached hydrogens (primary N) is 1. The summed E-state index contributed by atoms with van der Waals surface area (Å²) in [6.45, 7) is 3.63. The van der Waals surface area contributed by atoms with E-state index in [1.165, 1.54) is 0 Å². The Labute approximate surface area is 100 Å². The van der Waals surface area contributed by atoms with Gasteiger partial charge in [-0.2, -0.15) is 11.3 Å². The highest BCUT2D eigenvalue weighted by Crippen LogP contribution is 2.23. The zero-order valence-electron chi connectivity index (χ0n) is 9.56. The van der Waals surface area contributed by atoms with Gasteiger partial charge in [0.1, 0.15) is 0 Å². The van der Waals surface area contributed by atoms with E-state index in [-0.39, 0.29) is 5.91 Å². The lowest BCUT2D eigenvalue weighted by molar-refractivity contribution is -0.131. The minimum atomic E-state index is 0.238. The van der Waals surface area contributed by atoms with Crippen LogP contribution in [0.3, 0.4) is 0 Å². The Morgan fingerprint density at radius 2 is 2.50 bits per heavy atom. The van der Waals surface area contributed by atoms with Crippen LogP contribution in [0.2, 0.25) is 0 Å². The number of amides is 1. The molecule has 1 aromatic rings. The molecule has 88 valence electrons. The average Bonchev–Trinajstić information content (AvgIpc) is 2.87. The van der Waals surface area contributed by atoms with Crippen molar-refractivity contribution in [1.29, 1.82) is 0 Å². The van der Waals surface area contributed by atoms with Gasteiger partial charge in [0.2, 0.25) is 5.91 Å². The summed E-state index contributed by atoms with van der Waals surface area (Å²) < 4.78 is 0. The monoisotopic (exact) mass is 238 g/mol. The maximum absolute atomic E-state index is 12.1. The van der Waals surface area contributed by atoms with Crippen LogP contribution in [0, 0.1) is 5.92 Å². The van der Waals surface area contributed by atoms with Crippen molar-refractivity contribution in [2.45, 2.75) is 25.8 Å². The molecule has 1 saturated heterocycles. The molecule has 2 rings (SSSR count). The van der Waals surface area contributed by atoms with Crippen LogP contribution < -0.4 is 5.73 Å². The number of carbonyl (C=O) groups is 1. The van der Waals surface area contributed by atoms with Gasteiger partial charge in [0.15, 0.2) is 0 Å². The standard InChI is InChI=1S/C12H18N2OS/c1-9-4-11(6-13)7-14(9)12(15)5-10-2-3-16-8-10/h2-3,8-9,11H,4-7,13H2,1H3. The van der Waals surface area contributed by atoms with Crippen LogP contribution in [0.1, 0.15) is 18.9 Å². The van der Waals surface area contributed by atoms with Crippen LogP contribution in [0.4, 0.5) is 0 Å². The summed E-state index contributed by atoms with van der Waals surface area (Å²) in [6.07, 6.45) is 1.58. The first-order valence-electron chi connectivity index (χ1n) is 5.71. The van der Waals surface area contributed by atoms with Crippen molar-refractivity contribution in [2.24, 2.45) is 11.7 Å². The van der Waals surface area contributed by atoms with Gasteiger partial charge in [0, 0.05) is 12.6 Å². The van der Waals surface area contributed by atoms with Crippen molar-refractivity contribution in [3.05, 3.63) is 22.4 Å². The van der Waals surface area contributed by atoms with Crippen LogP contribution in [0.5, 0.6) is 0 Å². The van der Waals surface area contributed by atoms with Gasteiger partial charge in [0.05, 0.1) is 6.42 Å². The van der Waals surface area contributed by atoms with E-state index in [1.807, 2.05) is 21.7 Å². The number of hydrogen-bond donors (Lipinski definition) is 1. The number of thiophene rings is 1. The number of rotatable bonds is 3. The first-order chi connectivity index (χ1) is 7.70. The zero-order chi connectivity index (χ0) is 11.5. The second-order valence-corrected chi connectivity index (χ2v) is 5.32. The van der Waals surface area contributed by atoms with Gasteiger partial charge in [-0.3, -0.25) is 4.79 Å². The highest BCUT2D eigenvalue weighted by Gasteiger charge is 2.31. The van der Waals surface area contributed by atoms with Crippen LogP contribution in [-0.4, -0.2) is 29.9 Å². The molecule has 1 amide bonds. The zero-order valence-corrected chi connectivity index (χ0v) is 10.4. The summed E-state index contributed by atoms with van der Waals surface area (Å²) in [4.78, 5) is 14.1. The molecule has 3 nitrogen and oxygen atoms in total. The van der Waals surface area contributed by atoms with Gasteiger partial charge in [-0.15, -0.1) is 0 Å². The summed E-state index contributed by atoms with van der Waals surface area (Å²) >= 11 is 1.64. The number of likely N-dealkylation sites (tertiary alicyclic amines) is 1. The molecule has 2 N–H and O–H groups in total. The third-order valence-electron chi connectivity index (χ3n) is 3.25. The third-order valence-corrected chi connectivity index (χ3v) is 3.98. The molecule has 0 saturated carbocycles. The Kier molecular flexibility index (Phi) is 3.61. The first-order valence-corrected chi connectivity index (χ1v) is 6.65. The van der Waals surface area contributed by atoms with Crippen molar-refractivity contribution >= 4 is 17.2 Å². The molecule has 1 aliphatic heterocycles.